The summed E-state index contributed by atoms with van der Waals surface area (Å²) in [7, 11) is 4.76. The lowest BCUT2D eigenvalue weighted by molar-refractivity contribution is -0.130. The van der Waals surface area contributed by atoms with Gasteiger partial charge in [0.1, 0.15) is 5.75 Å². The van der Waals surface area contributed by atoms with Crippen molar-refractivity contribution in [2.75, 3.05) is 27.1 Å². The summed E-state index contributed by atoms with van der Waals surface area (Å²) in [6, 6.07) is 26.2. The number of hydrogen-bond acceptors (Lipinski definition) is 10. The van der Waals surface area contributed by atoms with Crippen LogP contribution in [0.25, 0.3) is 5.69 Å². The number of thioether (sulfide) groups is 1. The highest BCUT2D eigenvalue weighted by Gasteiger charge is 2.36. The normalized spacial score (nSPS) is 14.0. The van der Waals surface area contributed by atoms with Gasteiger partial charge in [0.05, 0.1) is 62.4 Å². The second kappa shape index (κ2) is 15.2. The van der Waals surface area contributed by atoms with Crippen LogP contribution >= 0.6 is 23.1 Å². The summed E-state index contributed by atoms with van der Waals surface area (Å²) in [6.45, 7) is 0.128. The molecule has 0 unspecified atom stereocenters. The van der Waals surface area contributed by atoms with Gasteiger partial charge in [-0.3, -0.25) is 14.2 Å². The number of carbonyl (C=O) groups excluding carboxylic acids is 2. The van der Waals surface area contributed by atoms with Gasteiger partial charge in [-0.2, -0.15) is 5.10 Å². The largest absolute Gasteiger partial charge is 0.495 e. The molecule has 3 heterocycles. The number of ether oxygens (including phenoxy) is 3. The number of nitrogens with one attached hydrogen (secondary N) is 1. The van der Waals surface area contributed by atoms with E-state index in [0.717, 1.165) is 21.7 Å². The standard InChI is InChI=1S/C35H34N6O5S2/c1-44-28-15-8-7-14-26(28)40-31(21-36-32(42)19-23-11-5-4-6-12-23)37-38-35(40)48-22-33(43)41-27(20-25(39-41)30-17-10-18-47-30)24-13-9-16-29(45-2)34(24)46-3/h4-18,27H,19-22H2,1-3H3,(H,36,42)/t27-/m0/s1. The molecule has 2 aromatic heterocycles. The fourth-order valence-electron chi connectivity index (χ4n) is 5.53. The maximum absolute atomic E-state index is 14.0. The van der Waals surface area contributed by atoms with Crippen molar-refractivity contribution in [2.24, 2.45) is 5.10 Å². The lowest BCUT2D eigenvalue weighted by atomic mass is 9.99. The molecule has 0 aliphatic carbocycles. The Bertz CT molecular complexity index is 1910. The van der Waals surface area contributed by atoms with Crippen LogP contribution in [0.1, 0.15) is 34.3 Å². The molecule has 0 saturated carbocycles. The summed E-state index contributed by atoms with van der Waals surface area (Å²) < 4.78 is 18.8. The predicted molar refractivity (Wildman–Crippen MR) is 185 cm³/mol. The molecular formula is C35H34N6O5S2. The maximum Gasteiger partial charge on any atom is 0.253 e. The molecule has 6 rings (SSSR count). The van der Waals surface area contributed by atoms with Crippen molar-refractivity contribution < 1.29 is 23.8 Å². The molecule has 1 atom stereocenters. The first-order valence-electron chi connectivity index (χ1n) is 15.2. The first-order valence-corrected chi connectivity index (χ1v) is 17.0. The van der Waals surface area contributed by atoms with Crippen molar-refractivity contribution in [2.45, 2.75) is 30.6 Å². The number of rotatable bonds is 13. The van der Waals surface area contributed by atoms with Gasteiger partial charge in [-0.05, 0) is 35.2 Å². The van der Waals surface area contributed by atoms with Crippen LogP contribution in [0.15, 0.2) is 101 Å². The van der Waals surface area contributed by atoms with E-state index < -0.39 is 6.04 Å². The summed E-state index contributed by atoms with van der Waals surface area (Å²) in [5.41, 5.74) is 3.22. The first-order chi connectivity index (χ1) is 23.5. The Morgan fingerprint density at radius 1 is 0.896 bits per heavy atom. The fourth-order valence-corrected chi connectivity index (χ4v) is 7.06. The molecule has 0 saturated heterocycles. The van der Waals surface area contributed by atoms with Crippen LogP contribution in [0.2, 0.25) is 0 Å². The van der Waals surface area contributed by atoms with E-state index >= 15 is 0 Å². The Labute approximate surface area is 286 Å². The van der Waals surface area contributed by atoms with Gasteiger partial charge in [-0.25, -0.2) is 5.01 Å². The zero-order valence-corrected chi connectivity index (χ0v) is 28.3. The van der Waals surface area contributed by atoms with E-state index in [1.54, 1.807) is 32.7 Å². The molecule has 11 nitrogen and oxygen atoms in total. The number of aromatic nitrogens is 3. The van der Waals surface area contributed by atoms with E-state index in [1.165, 1.54) is 16.8 Å². The number of nitrogens with zero attached hydrogens (tertiary/aromatic N) is 5. The van der Waals surface area contributed by atoms with Gasteiger partial charge in [0.15, 0.2) is 22.5 Å². The number of hydrogen-bond donors (Lipinski definition) is 1. The predicted octanol–water partition coefficient (Wildman–Crippen LogP) is 5.68. The van der Waals surface area contributed by atoms with E-state index in [1.807, 2.05) is 94.9 Å². The minimum Gasteiger partial charge on any atom is -0.495 e. The zero-order valence-electron chi connectivity index (χ0n) is 26.7. The van der Waals surface area contributed by atoms with Crippen LogP contribution in [0, 0.1) is 0 Å². The Morgan fingerprint density at radius 2 is 1.67 bits per heavy atom. The Kier molecular flexibility index (Phi) is 10.4. The summed E-state index contributed by atoms with van der Waals surface area (Å²) in [4.78, 5) is 27.8. The molecule has 13 heteroatoms. The van der Waals surface area contributed by atoms with Crippen LogP contribution < -0.4 is 19.5 Å². The molecular weight excluding hydrogens is 649 g/mol. The molecule has 0 spiro atoms. The molecule has 48 heavy (non-hydrogen) atoms. The van der Waals surface area contributed by atoms with Gasteiger partial charge in [0.25, 0.3) is 5.91 Å². The molecule has 0 fully saturated rings. The molecule has 0 bridgehead atoms. The van der Waals surface area contributed by atoms with Gasteiger partial charge < -0.3 is 19.5 Å². The number of thiophene rings is 1. The van der Waals surface area contributed by atoms with Crippen molar-refractivity contribution in [1.82, 2.24) is 25.1 Å². The van der Waals surface area contributed by atoms with Gasteiger partial charge in [0, 0.05) is 12.0 Å². The lowest BCUT2D eigenvalue weighted by Gasteiger charge is -2.24. The summed E-state index contributed by atoms with van der Waals surface area (Å²) in [5, 5.41) is 20.6. The highest BCUT2D eigenvalue weighted by Crippen LogP contribution is 2.42. The minimum absolute atomic E-state index is 0.0254. The van der Waals surface area contributed by atoms with E-state index in [0.29, 0.717) is 40.3 Å². The minimum atomic E-state index is -0.400. The molecule has 0 radical (unpaired) electrons. The quantitative estimate of drug-likeness (QED) is 0.158. The topological polar surface area (TPSA) is 120 Å². The average Bonchev–Trinajstić information content (AvgIpc) is 3.90. The molecule has 1 aliphatic heterocycles. The molecule has 1 N–H and O–H groups in total. The van der Waals surface area contributed by atoms with Crippen molar-refractivity contribution in [3.63, 3.8) is 0 Å². The van der Waals surface area contributed by atoms with Crippen LogP contribution in [0.5, 0.6) is 17.2 Å². The van der Waals surface area contributed by atoms with Gasteiger partial charge in [-0.1, -0.05) is 72.4 Å². The van der Waals surface area contributed by atoms with Crippen LogP contribution in [-0.2, 0) is 22.6 Å². The molecule has 246 valence electrons. The Hall–Kier alpha value is -5.14. The van der Waals surface area contributed by atoms with Crippen molar-refractivity contribution in [3.05, 3.63) is 112 Å². The third-order valence-corrected chi connectivity index (χ3v) is 9.60. The lowest BCUT2D eigenvalue weighted by Crippen LogP contribution is -2.29. The van der Waals surface area contributed by atoms with Crippen LogP contribution in [0.3, 0.4) is 0 Å². The summed E-state index contributed by atoms with van der Waals surface area (Å²) in [6.07, 6.45) is 0.757. The maximum atomic E-state index is 14.0. The summed E-state index contributed by atoms with van der Waals surface area (Å²) >= 11 is 2.81. The van der Waals surface area contributed by atoms with Gasteiger partial charge in [-0.15, -0.1) is 21.5 Å². The van der Waals surface area contributed by atoms with E-state index in [2.05, 4.69) is 15.5 Å². The highest BCUT2D eigenvalue weighted by molar-refractivity contribution is 7.99. The zero-order chi connectivity index (χ0) is 33.5. The number of para-hydroxylation sites is 3. The SMILES string of the molecule is COc1ccccc1-n1c(CNC(=O)Cc2ccccc2)nnc1SCC(=O)N1N=C(c2cccs2)C[C@H]1c1cccc(OC)c1OC. The second-order valence-electron chi connectivity index (χ2n) is 10.7. The van der Waals surface area contributed by atoms with Crippen molar-refractivity contribution in [3.8, 4) is 22.9 Å². The monoisotopic (exact) mass is 682 g/mol. The van der Waals surface area contributed by atoms with Crippen molar-refractivity contribution >= 4 is 40.6 Å². The highest BCUT2D eigenvalue weighted by atomic mass is 32.2. The van der Waals surface area contributed by atoms with Gasteiger partial charge in [0.2, 0.25) is 5.91 Å². The number of benzene rings is 3. The summed E-state index contributed by atoms with van der Waals surface area (Å²) in [5.74, 6) is 1.90. The van der Waals surface area contributed by atoms with E-state index in [4.69, 9.17) is 19.3 Å². The number of methoxy groups -OCH3 is 3. The van der Waals surface area contributed by atoms with Crippen LogP contribution in [0.4, 0.5) is 0 Å². The third kappa shape index (κ3) is 7.06. The third-order valence-electron chi connectivity index (χ3n) is 7.77. The average molecular weight is 683 g/mol. The Morgan fingerprint density at radius 3 is 2.42 bits per heavy atom. The van der Waals surface area contributed by atoms with E-state index in [-0.39, 0.29) is 30.5 Å². The van der Waals surface area contributed by atoms with Crippen LogP contribution in [-0.4, -0.2) is 64.4 Å². The first kappa shape index (κ1) is 32.8. The fraction of sp³-hybridized carbons (Fsp3) is 0.229. The number of amides is 2. The Balaban J connectivity index is 1.26. The van der Waals surface area contributed by atoms with E-state index in [9.17, 15) is 9.59 Å². The molecule has 2 amide bonds. The smallest absolute Gasteiger partial charge is 0.253 e. The molecule has 1 aliphatic rings. The number of hydrazone groups is 1. The molecule has 3 aromatic carbocycles. The second-order valence-corrected chi connectivity index (χ2v) is 12.6. The van der Waals surface area contributed by atoms with Gasteiger partial charge >= 0.3 is 0 Å². The van der Waals surface area contributed by atoms with Crippen molar-refractivity contribution in [1.29, 1.82) is 0 Å². The number of carbonyl (C=O) groups is 2. The molecule has 5 aromatic rings.